The highest BCUT2D eigenvalue weighted by Gasteiger charge is 2.42. The van der Waals surface area contributed by atoms with Crippen molar-refractivity contribution >= 4 is 23.5 Å². The van der Waals surface area contributed by atoms with Gasteiger partial charge in [-0.2, -0.15) is 5.10 Å². The third-order valence-electron chi connectivity index (χ3n) is 5.44. The van der Waals surface area contributed by atoms with Crippen molar-refractivity contribution in [1.82, 2.24) is 29.9 Å². The molecule has 3 atom stereocenters. The molecule has 5 rings (SSSR count). The van der Waals surface area contributed by atoms with E-state index in [0.717, 1.165) is 6.07 Å². The first-order valence-electron chi connectivity index (χ1n) is 11.1. The minimum Gasteiger partial charge on any atom is -0.441 e. The van der Waals surface area contributed by atoms with Crippen LogP contribution in [0.2, 0.25) is 0 Å². The third-order valence-corrected chi connectivity index (χ3v) is 5.44. The predicted octanol–water partition coefficient (Wildman–Crippen LogP) is 4.05. The molecule has 4 heterocycles. The number of ether oxygens (including phenoxy) is 2. The van der Waals surface area contributed by atoms with E-state index in [1.165, 1.54) is 18.2 Å². The topological polar surface area (TPSA) is 118 Å². The lowest BCUT2D eigenvalue weighted by molar-refractivity contribution is 0.0615. The number of alkyl carbamates (subject to hydrolysis) is 1. The highest BCUT2D eigenvalue weighted by Crippen LogP contribution is 2.34. The second-order valence-electron chi connectivity index (χ2n) is 8.55. The Morgan fingerprint density at radius 2 is 2.00 bits per heavy atom. The van der Waals surface area contributed by atoms with Crippen molar-refractivity contribution in [3.63, 3.8) is 0 Å². The molecule has 0 radical (unpaired) electrons. The molecule has 0 aliphatic carbocycles. The van der Waals surface area contributed by atoms with Gasteiger partial charge in [0.2, 0.25) is 5.95 Å². The number of hydrogen-bond acceptors (Lipinski definition) is 7. The van der Waals surface area contributed by atoms with Crippen molar-refractivity contribution in [2.24, 2.45) is 0 Å². The quantitative estimate of drug-likeness (QED) is 0.365. The Morgan fingerprint density at radius 1 is 1.22 bits per heavy atom. The molecule has 3 N–H and O–H groups in total. The van der Waals surface area contributed by atoms with Gasteiger partial charge in [-0.3, -0.25) is 9.50 Å². The number of benzene rings is 1. The maximum atomic E-state index is 15.0. The summed E-state index contributed by atoms with van der Waals surface area (Å²) in [6, 6.07) is 6.08. The Bertz CT molecular complexity index is 1390. The average molecular weight is 501 g/mol. The first kappa shape index (κ1) is 23.6. The van der Waals surface area contributed by atoms with Crippen LogP contribution < -0.4 is 10.6 Å². The van der Waals surface area contributed by atoms with E-state index in [9.17, 15) is 18.0 Å². The summed E-state index contributed by atoms with van der Waals surface area (Å²) >= 11 is 0. The molecule has 0 saturated carbocycles. The molecule has 36 heavy (non-hydrogen) atoms. The number of aromatic nitrogens is 5. The summed E-state index contributed by atoms with van der Waals surface area (Å²) in [5, 5.41) is 12.4. The van der Waals surface area contributed by atoms with Crippen LogP contribution >= 0.6 is 0 Å². The van der Waals surface area contributed by atoms with E-state index < -0.39 is 36.1 Å². The van der Waals surface area contributed by atoms with Gasteiger partial charge in [0.05, 0.1) is 18.0 Å². The predicted molar refractivity (Wildman–Crippen MR) is 122 cm³/mol. The van der Waals surface area contributed by atoms with Gasteiger partial charge in [0.15, 0.2) is 18.1 Å². The molecule has 1 aliphatic rings. The van der Waals surface area contributed by atoms with Gasteiger partial charge in [0, 0.05) is 42.2 Å². The summed E-state index contributed by atoms with van der Waals surface area (Å²) in [7, 11) is 0. The van der Waals surface area contributed by atoms with Crippen molar-refractivity contribution in [1.29, 1.82) is 0 Å². The number of anilines is 2. The Labute approximate surface area is 202 Å². The summed E-state index contributed by atoms with van der Waals surface area (Å²) < 4.78 is 54.7. The van der Waals surface area contributed by atoms with E-state index in [0.29, 0.717) is 11.3 Å². The van der Waals surface area contributed by atoms with Crippen molar-refractivity contribution < 1.29 is 27.4 Å². The van der Waals surface area contributed by atoms with Gasteiger partial charge in [-0.1, -0.05) is 0 Å². The molecule has 13 heteroatoms. The maximum Gasteiger partial charge on any atom is 0.407 e. The largest absolute Gasteiger partial charge is 0.441 e. The van der Waals surface area contributed by atoms with Gasteiger partial charge in [0.25, 0.3) is 0 Å². The Hall–Kier alpha value is -4.13. The van der Waals surface area contributed by atoms with Crippen LogP contribution in [0, 0.1) is 11.6 Å². The Morgan fingerprint density at radius 3 is 2.75 bits per heavy atom. The fraction of sp³-hybridized carbons (Fsp3) is 0.304. The van der Waals surface area contributed by atoms with E-state index in [1.54, 1.807) is 36.7 Å². The molecule has 1 aliphatic heterocycles. The summed E-state index contributed by atoms with van der Waals surface area (Å²) in [5.74, 6) is -0.920. The van der Waals surface area contributed by atoms with E-state index >= 15 is 0 Å². The van der Waals surface area contributed by atoms with E-state index in [4.69, 9.17) is 9.47 Å². The zero-order valence-corrected chi connectivity index (χ0v) is 19.2. The monoisotopic (exact) mass is 501 g/mol. The van der Waals surface area contributed by atoms with Gasteiger partial charge in [-0.15, -0.1) is 0 Å². The first-order valence-corrected chi connectivity index (χ1v) is 11.1. The Kier molecular flexibility index (Phi) is 6.22. The van der Waals surface area contributed by atoms with Crippen LogP contribution in [-0.4, -0.2) is 55.6 Å². The molecule has 3 aromatic heterocycles. The highest BCUT2D eigenvalue weighted by atomic mass is 19.1. The number of alkyl halides is 1. The lowest BCUT2D eigenvalue weighted by atomic mass is 10.1. The SMILES string of the molecule is CC(C)NC(=O)O[C@@H]1CO[C@H](c2cc(Nc3nc(-c4cc(F)cc(F)c4)cc4nccn34)n[nH]2)[C@H]1F. The van der Waals surface area contributed by atoms with Crippen LogP contribution in [0.3, 0.4) is 0 Å². The third kappa shape index (κ3) is 4.82. The number of halogens is 3. The van der Waals surface area contributed by atoms with Crippen LogP contribution in [0.15, 0.2) is 42.7 Å². The molecule has 188 valence electrons. The van der Waals surface area contributed by atoms with Gasteiger partial charge in [0.1, 0.15) is 23.4 Å². The molecular weight excluding hydrogens is 479 g/mol. The summed E-state index contributed by atoms with van der Waals surface area (Å²) in [5.41, 5.74) is 1.32. The molecular formula is C23H22F3N7O3. The second-order valence-corrected chi connectivity index (χ2v) is 8.55. The van der Waals surface area contributed by atoms with Gasteiger partial charge >= 0.3 is 6.09 Å². The number of hydrogen-bond donors (Lipinski definition) is 3. The number of amides is 1. The fourth-order valence-electron chi connectivity index (χ4n) is 3.87. The minimum absolute atomic E-state index is 0.109. The lowest BCUT2D eigenvalue weighted by Crippen LogP contribution is -2.36. The maximum absolute atomic E-state index is 15.0. The zero-order valence-electron chi connectivity index (χ0n) is 19.2. The minimum atomic E-state index is -1.61. The van der Waals surface area contributed by atoms with E-state index in [1.807, 2.05) is 0 Å². The number of nitrogens with one attached hydrogen (secondary N) is 3. The number of rotatable bonds is 6. The van der Waals surface area contributed by atoms with Crippen molar-refractivity contribution in [3.8, 4) is 11.3 Å². The summed E-state index contributed by atoms with van der Waals surface area (Å²) in [6.45, 7) is 3.42. The fourth-order valence-corrected chi connectivity index (χ4v) is 3.87. The molecule has 1 amide bonds. The van der Waals surface area contributed by atoms with Crippen molar-refractivity contribution in [2.75, 3.05) is 11.9 Å². The van der Waals surface area contributed by atoms with Crippen LogP contribution in [0.25, 0.3) is 16.9 Å². The molecule has 0 unspecified atom stereocenters. The van der Waals surface area contributed by atoms with Gasteiger partial charge < -0.3 is 20.1 Å². The molecule has 10 nitrogen and oxygen atoms in total. The smallest absolute Gasteiger partial charge is 0.407 e. The van der Waals surface area contributed by atoms with Gasteiger partial charge in [-0.05, 0) is 26.0 Å². The average Bonchev–Trinajstić information content (AvgIpc) is 3.53. The van der Waals surface area contributed by atoms with Crippen molar-refractivity contribution in [2.45, 2.75) is 38.3 Å². The first-order chi connectivity index (χ1) is 17.3. The van der Waals surface area contributed by atoms with Crippen LogP contribution in [0.5, 0.6) is 0 Å². The number of imidazole rings is 1. The molecule has 0 spiro atoms. The molecule has 4 aromatic rings. The second kappa shape index (κ2) is 9.49. The van der Waals surface area contributed by atoms with E-state index in [-0.39, 0.29) is 35.7 Å². The Balaban J connectivity index is 1.36. The van der Waals surface area contributed by atoms with Crippen LogP contribution in [0.4, 0.5) is 29.7 Å². The van der Waals surface area contributed by atoms with Crippen LogP contribution in [0.1, 0.15) is 25.6 Å². The van der Waals surface area contributed by atoms with Gasteiger partial charge in [-0.25, -0.2) is 27.9 Å². The molecule has 1 fully saturated rings. The van der Waals surface area contributed by atoms with E-state index in [2.05, 4.69) is 30.8 Å². The number of carbonyl (C=O) groups excluding carboxylic acids is 1. The summed E-state index contributed by atoms with van der Waals surface area (Å²) in [6.07, 6.45) is -1.22. The lowest BCUT2D eigenvalue weighted by Gasteiger charge is -2.16. The number of nitrogens with zero attached hydrogens (tertiary/aromatic N) is 4. The van der Waals surface area contributed by atoms with Crippen molar-refractivity contribution in [3.05, 3.63) is 60.1 Å². The standard InChI is InChI=1S/C23H22F3N7O3/c1-11(2)28-23(34)36-17-10-35-21(20(17)26)16-8-18(32-31-16)30-22-29-15(9-19-27-3-4-33(19)22)12-5-13(24)7-14(25)6-12/h3-9,11,17,20-21H,10H2,1-2H3,(H,28,34)(H2,29,30,31,32)/t17-,20+,21-/m1/s1. The summed E-state index contributed by atoms with van der Waals surface area (Å²) in [4.78, 5) is 20.5. The molecule has 0 bridgehead atoms. The number of H-pyrrole nitrogens is 1. The zero-order chi connectivity index (χ0) is 25.4. The highest BCUT2D eigenvalue weighted by molar-refractivity contribution is 5.68. The molecule has 1 saturated heterocycles. The number of carbonyl (C=O) groups is 1. The number of fused-ring (bicyclic) bond motifs is 1. The number of aromatic amines is 1. The van der Waals surface area contributed by atoms with Crippen LogP contribution in [-0.2, 0) is 9.47 Å². The normalized spacial score (nSPS) is 19.7. The molecule has 1 aromatic carbocycles.